The predicted molar refractivity (Wildman–Crippen MR) is 40.9 cm³/mol. The lowest BCUT2D eigenvalue weighted by Gasteiger charge is -2.05. The minimum absolute atomic E-state index is 0.516. The average Bonchev–Trinajstić information content (AvgIpc) is 2.21. The van der Waals surface area contributed by atoms with Crippen molar-refractivity contribution >= 4 is 17.4 Å². The molecule has 58 valence electrons. The van der Waals surface area contributed by atoms with Crippen LogP contribution in [0.5, 0.6) is 0 Å². The van der Waals surface area contributed by atoms with Gasteiger partial charge in [0.15, 0.2) is 0 Å². The van der Waals surface area contributed by atoms with Gasteiger partial charge < -0.3 is 5.32 Å². The van der Waals surface area contributed by atoms with Crippen LogP contribution < -0.4 is 5.32 Å². The van der Waals surface area contributed by atoms with E-state index in [0.29, 0.717) is 22.3 Å². The Morgan fingerprint density at radius 3 is 2.73 bits per heavy atom. The molecule has 1 heterocycles. The zero-order valence-electron chi connectivity index (χ0n) is 5.47. The molecular formula is C7H5F2NS. The molecule has 1 aliphatic rings. The molecule has 0 aliphatic carbocycles. The fourth-order valence-electron chi connectivity index (χ4n) is 0.979. The highest BCUT2D eigenvalue weighted by atomic mass is 32.2. The molecule has 0 bridgehead atoms. The van der Waals surface area contributed by atoms with Crippen LogP contribution in [0.25, 0.3) is 0 Å². The Labute approximate surface area is 66.8 Å². The van der Waals surface area contributed by atoms with Crippen LogP contribution >= 0.6 is 11.8 Å². The van der Waals surface area contributed by atoms with Crippen molar-refractivity contribution in [2.24, 2.45) is 0 Å². The Morgan fingerprint density at radius 2 is 2.00 bits per heavy atom. The van der Waals surface area contributed by atoms with Gasteiger partial charge in [-0.05, 0) is 23.9 Å². The molecule has 1 aromatic carbocycles. The largest absolute Gasteiger partial charge is 0.378 e. The van der Waals surface area contributed by atoms with Crippen molar-refractivity contribution in [3.63, 3.8) is 0 Å². The maximum absolute atomic E-state index is 12.6. The standard InChI is InChI=1S/C7H5F2NS/c8-7(9)10-5-3-1-2-4-6(5)11-7/h1-4,10H. The van der Waals surface area contributed by atoms with Gasteiger partial charge in [0.2, 0.25) is 0 Å². The third-order valence-corrected chi connectivity index (χ3v) is 2.34. The topological polar surface area (TPSA) is 12.0 Å². The van der Waals surface area contributed by atoms with E-state index in [1.54, 1.807) is 24.3 Å². The van der Waals surface area contributed by atoms with Gasteiger partial charge in [-0.3, -0.25) is 0 Å². The zero-order chi connectivity index (χ0) is 7.90. The summed E-state index contributed by atoms with van der Waals surface area (Å²) < 4.78 is 25.2. The van der Waals surface area contributed by atoms with Crippen molar-refractivity contribution < 1.29 is 8.78 Å². The number of halogens is 2. The molecule has 0 saturated carbocycles. The zero-order valence-corrected chi connectivity index (χ0v) is 6.29. The molecule has 1 aromatic rings. The van der Waals surface area contributed by atoms with Crippen LogP contribution in [0.3, 0.4) is 0 Å². The van der Waals surface area contributed by atoms with Crippen LogP contribution in [0.4, 0.5) is 14.5 Å². The van der Waals surface area contributed by atoms with E-state index in [2.05, 4.69) is 5.32 Å². The second-order valence-corrected chi connectivity index (χ2v) is 3.40. The number of nitrogens with one attached hydrogen (secondary N) is 1. The summed E-state index contributed by atoms with van der Waals surface area (Å²) in [4.78, 5) is 0.609. The molecule has 0 amide bonds. The summed E-state index contributed by atoms with van der Waals surface area (Å²) in [6.45, 7) is 0. The first-order valence-electron chi connectivity index (χ1n) is 3.11. The third-order valence-electron chi connectivity index (χ3n) is 1.41. The molecular weight excluding hydrogens is 168 g/mol. The minimum atomic E-state index is -2.83. The normalized spacial score (nSPS) is 19.1. The molecule has 0 atom stereocenters. The molecule has 4 heteroatoms. The van der Waals surface area contributed by atoms with Crippen LogP contribution in [-0.2, 0) is 0 Å². The minimum Gasteiger partial charge on any atom is -0.316 e. The molecule has 0 saturated heterocycles. The van der Waals surface area contributed by atoms with Gasteiger partial charge in [0.1, 0.15) is 0 Å². The Bertz CT molecular complexity index is 261. The summed E-state index contributed by atoms with van der Waals surface area (Å²) in [5.74, 6) is 0. The first-order chi connectivity index (χ1) is 5.17. The van der Waals surface area contributed by atoms with Crippen LogP contribution in [0, 0.1) is 0 Å². The van der Waals surface area contributed by atoms with Gasteiger partial charge in [-0.15, -0.1) is 0 Å². The Morgan fingerprint density at radius 1 is 1.27 bits per heavy atom. The monoisotopic (exact) mass is 173 g/mol. The van der Waals surface area contributed by atoms with Gasteiger partial charge in [-0.1, -0.05) is 12.1 Å². The van der Waals surface area contributed by atoms with Crippen LogP contribution in [0.2, 0.25) is 0 Å². The van der Waals surface area contributed by atoms with Crippen molar-refractivity contribution in [2.45, 2.75) is 10.3 Å². The lowest BCUT2D eigenvalue weighted by Crippen LogP contribution is -2.16. The number of hydrogen-bond acceptors (Lipinski definition) is 2. The summed E-state index contributed by atoms with van der Waals surface area (Å²) in [5, 5.41) is -0.726. The number of fused-ring (bicyclic) bond motifs is 1. The molecule has 1 nitrogen and oxygen atoms in total. The first kappa shape index (κ1) is 6.91. The lowest BCUT2D eigenvalue weighted by atomic mass is 10.3. The summed E-state index contributed by atoms with van der Waals surface area (Å²) >= 11 is 0.549. The van der Waals surface area contributed by atoms with Crippen molar-refractivity contribution in [3.8, 4) is 0 Å². The van der Waals surface area contributed by atoms with E-state index < -0.39 is 5.38 Å². The van der Waals surface area contributed by atoms with Crippen molar-refractivity contribution in [2.75, 3.05) is 5.32 Å². The van der Waals surface area contributed by atoms with Crippen molar-refractivity contribution in [1.29, 1.82) is 0 Å². The van der Waals surface area contributed by atoms with Crippen LogP contribution in [-0.4, -0.2) is 5.38 Å². The van der Waals surface area contributed by atoms with E-state index in [0.717, 1.165) is 0 Å². The maximum atomic E-state index is 12.6. The Balaban J connectivity index is 2.41. The smallest absolute Gasteiger partial charge is 0.316 e. The average molecular weight is 173 g/mol. The van der Waals surface area contributed by atoms with Gasteiger partial charge in [0, 0.05) is 4.90 Å². The SMILES string of the molecule is FC1(F)Nc2ccccc2S1. The molecule has 0 aromatic heterocycles. The van der Waals surface area contributed by atoms with E-state index >= 15 is 0 Å². The van der Waals surface area contributed by atoms with Gasteiger partial charge in [-0.2, -0.15) is 8.78 Å². The molecule has 0 spiro atoms. The summed E-state index contributed by atoms with van der Waals surface area (Å²) in [6, 6.07) is 6.79. The second-order valence-electron chi connectivity index (χ2n) is 2.24. The van der Waals surface area contributed by atoms with Gasteiger partial charge in [-0.25, -0.2) is 0 Å². The second kappa shape index (κ2) is 2.11. The molecule has 1 aliphatic heterocycles. The number of alkyl halides is 2. The van der Waals surface area contributed by atoms with Gasteiger partial charge >= 0.3 is 5.38 Å². The number of thioether (sulfide) groups is 1. The quantitative estimate of drug-likeness (QED) is 0.605. The first-order valence-corrected chi connectivity index (χ1v) is 3.93. The summed E-state index contributed by atoms with van der Waals surface area (Å²) in [5.41, 5.74) is 0.516. The van der Waals surface area contributed by atoms with Crippen LogP contribution in [0.1, 0.15) is 0 Å². The number of anilines is 1. The summed E-state index contributed by atoms with van der Waals surface area (Å²) in [6.07, 6.45) is 0. The fraction of sp³-hybridized carbons (Fsp3) is 0.143. The molecule has 1 N–H and O–H groups in total. The number of hydrogen-bond donors (Lipinski definition) is 1. The predicted octanol–water partition coefficient (Wildman–Crippen LogP) is 2.75. The highest BCUT2D eigenvalue weighted by molar-refractivity contribution is 8.01. The molecule has 2 rings (SSSR count). The fourth-order valence-corrected chi connectivity index (χ4v) is 1.79. The number of para-hydroxylation sites is 1. The van der Waals surface area contributed by atoms with E-state index in [9.17, 15) is 8.78 Å². The number of benzene rings is 1. The van der Waals surface area contributed by atoms with E-state index in [1.165, 1.54) is 0 Å². The van der Waals surface area contributed by atoms with E-state index in [-0.39, 0.29) is 0 Å². The highest BCUT2D eigenvalue weighted by Gasteiger charge is 2.37. The molecule has 0 fully saturated rings. The molecule has 11 heavy (non-hydrogen) atoms. The highest BCUT2D eigenvalue weighted by Crippen LogP contribution is 2.46. The Hall–Kier alpha value is -0.770. The maximum Gasteiger partial charge on any atom is 0.378 e. The molecule has 0 radical (unpaired) electrons. The third kappa shape index (κ3) is 1.18. The van der Waals surface area contributed by atoms with E-state index in [1.807, 2.05) is 0 Å². The van der Waals surface area contributed by atoms with Gasteiger partial charge in [0.05, 0.1) is 5.69 Å². The lowest BCUT2D eigenvalue weighted by molar-refractivity contribution is 0.142. The Kier molecular flexibility index (Phi) is 1.32. The summed E-state index contributed by atoms with van der Waals surface area (Å²) in [7, 11) is 0. The van der Waals surface area contributed by atoms with Crippen molar-refractivity contribution in [3.05, 3.63) is 24.3 Å². The number of rotatable bonds is 0. The van der Waals surface area contributed by atoms with E-state index in [4.69, 9.17) is 0 Å². The van der Waals surface area contributed by atoms with Crippen LogP contribution in [0.15, 0.2) is 29.2 Å². The van der Waals surface area contributed by atoms with Gasteiger partial charge in [0.25, 0.3) is 0 Å². The molecule has 0 unspecified atom stereocenters. The van der Waals surface area contributed by atoms with Crippen molar-refractivity contribution in [1.82, 2.24) is 0 Å².